The van der Waals surface area contributed by atoms with E-state index in [9.17, 15) is 0 Å². The number of rotatable bonds is 17. The van der Waals surface area contributed by atoms with Gasteiger partial charge in [0.05, 0.1) is 0 Å². The van der Waals surface area contributed by atoms with Gasteiger partial charge in [-0.15, -0.1) is 0 Å². The molecule has 0 saturated heterocycles. The number of hydrogen-bond acceptors (Lipinski definition) is 0. The fourth-order valence-corrected chi connectivity index (χ4v) is 4.46. The van der Waals surface area contributed by atoms with Crippen molar-refractivity contribution in [1.82, 2.24) is 0 Å². The zero-order valence-electron chi connectivity index (χ0n) is 19.9. The smallest absolute Gasteiger partial charge is 0.0143 e. The second-order valence-electron chi connectivity index (χ2n) is 8.96. The molecule has 0 aliphatic rings. The van der Waals surface area contributed by atoms with E-state index in [2.05, 4.69) is 62.4 Å². The predicted octanol–water partition coefficient (Wildman–Crippen LogP) is 9.74. The van der Waals surface area contributed by atoms with Gasteiger partial charge in [-0.25, -0.2) is 0 Å². The van der Waals surface area contributed by atoms with Crippen molar-refractivity contribution in [2.24, 2.45) is 0 Å². The van der Waals surface area contributed by atoms with Crippen LogP contribution in [0.5, 0.6) is 0 Å². The normalized spacial score (nSPS) is 11.1. The van der Waals surface area contributed by atoms with Crippen LogP contribution in [0.2, 0.25) is 0 Å². The van der Waals surface area contributed by atoms with Gasteiger partial charge in [-0.05, 0) is 54.0 Å². The molecule has 1 radical (unpaired) electrons. The number of benzene rings is 2. The lowest BCUT2D eigenvalue weighted by Gasteiger charge is -2.14. The van der Waals surface area contributed by atoms with Gasteiger partial charge in [-0.3, -0.25) is 0 Å². The van der Waals surface area contributed by atoms with E-state index in [0.29, 0.717) is 0 Å². The summed E-state index contributed by atoms with van der Waals surface area (Å²) in [5, 5.41) is 0. The first-order chi connectivity index (χ1) is 14.9. The summed E-state index contributed by atoms with van der Waals surface area (Å²) in [6, 6.07) is 19.2. The third kappa shape index (κ3) is 9.50. The van der Waals surface area contributed by atoms with Crippen LogP contribution in [0, 0.1) is 6.07 Å². The minimum Gasteiger partial charge on any atom is -0.0654 e. The summed E-state index contributed by atoms with van der Waals surface area (Å²) in [7, 11) is 0. The van der Waals surface area contributed by atoms with Crippen LogP contribution in [0.15, 0.2) is 42.5 Å². The molecule has 0 amide bonds. The average Bonchev–Trinajstić information content (AvgIpc) is 2.78. The molecule has 0 atom stereocenters. The molecule has 2 rings (SSSR count). The average molecular weight is 406 g/mol. The molecule has 0 bridgehead atoms. The standard InChI is InChI=1S/C30H45/c1-3-5-7-9-11-13-15-21-27-23-17-19-25-29(27)30-26-20-18-24-28(30)22-16-14-12-10-8-6-4-2/h17-20,23,25-26H,3-16,21-22H2,1-2H3. The minimum atomic E-state index is 1.16. The Labute approximate surface area is 187 Å². The second kappa shape index (κ2) is 16.2. The molecule has 0 aromatic heterocycles. The van der Waals surface area contributed by atoms with Crippen molar-refractivity contribution in [2.45, 2.75) is 117 Å². The highest BCUT2D eigenvalue weighted by Gasteiger charge is 2.09. The van der Waals surface area contributed by atoms with E-state index in [1.165, 1.54) is 119 Å². The van der Waals surface area contributed by atoms with E-state index < -0.39 is 0 Å². The van der Waals surface area contributed by atoms with Crippen molar-refractivity contribution in [3.8, 4) is 11.1 Å². The Balaban J connectivity index is 1.87. The van der Waals surface area contributed by atoms with Crippen LogP contribution >= 0.6 is 0 Å². The van der Waals surface area contributed by atoms with Gasteiger partial charge < -0.3 is 0 Å². The molecule has 0 aliphatic heterocycles. The highest BCUT2D eigenvalue weighted by Crippen LogP contribution is 2.29. The number of hydrogen-bond donors (Lipinski definition) is 0. The van der Waals surface area contributed by atoms with Gasteiger partial charge in [-0.2, -0.15) is 0 Å². The topological polar surface area (TPSA) is 0 Å². The molecule has 0 N–H and O–H groups in total. The van der Waals surface area contributed by atoms with Crippen molar-refractivity contribution in [3.63, 3.8) is 0 Å². The predicted molar refractivity (Wildman–Crippen MR) is 134 cm³/mol. The molecule has 0 aliphatic carbocycles. The Bertz CT molecular complexity index is 610. The molecule has 0 fully saturated rings. The summed E-state index contributed by atoms with van der Waals surface area (Å²) < 4.78 is 0. The Hall–Kier alpha value is -1.56. The first kappa shape index (κ1) is 24.7. The Morgan fingerprint density at radius 3 is 1.73 bits per heavy atom. The molecule has 0 saturated carbocycles. The van der Waals surface area contributed by atoms with Crippen molar-refractivity contribution in [1.29, 1.82) is 0 Å². The maximum atomic E-state index is 3.57. The first-order valence-corrected chi connectivity index (χ1v) is 12.9. The molecule has 0 heterocycles. The summed E-state index contributed by atoms with van der Waals surface area (Å²) in [5.74, 6) is 0. The lowest BCUT2D eigenvalue weighted by atomic mass is 9.91. The lowest BCUT2D eigenvalue weighted by molar-refractivity contribution is 0.589. The third-order valence-corrected chi connectivity index (χ3v) is 6.33. The van der Waals surface area contributed by atoms with E-state index in [4.69, 9.17) is 0 Å². The van der Waals surface area contributed by atoms with Gasteiger partial charge in [0.1, 0.15) is 0 Å². The molecule has 0 unspecified atom stereocenters. The van der Waals surface area contributed by atoms with E-state index in [1.807, 2.05) is 0 Å². The maximum Gasteiger partial charge on any atom is -0.0143 e. The monoisotopic (exact) mass is 405 g/mol. The quantitative estimate of drug-likeness (QED) is 0.230. The summed E-state index contributed by atoms with van der Waals surface area (Å²) in [5.41, 5.74) is 5.80. The third-order valence-electron chi connectivity index (χ3n) is 6.33. The fraction of sp³-hybridized carbons (Fsp3) is 0.600. The van der Waals surface area contributed by atoms with Crippen molar-refractivity contribution in [3.05, 3.63) is 59.7 Å². The van der Waals surface area contributed by atoms with Gasteiger partial charge in [0.2, 0.25) is 0 Å². The Morgan fingerprint density at radius 1 is 0.533 bits per heavy atom. The van der Waals surface area contributed by atoms with Crippen LogP contribution in [0.4, 0.5) is 0 Å². The summed E-state index contributed by atoms with van der Waals surface area (Å²) in [6.45, 7) is 4.58. The number of aryl methyl sites for hydroxylation is 2. The zero-order chi connectivity index (χ0) is 21.3. The van der Waals surface area contributed by atoms with E-state index >= 15 is 0 Å². The first-order valence-electron chi connectivity index (χ1n) is 12.9. The molecular formula is C30H45. The van der Waals surface area contributed by atoms with Crippen molar-refractivity contribution >= 4 is 0 Å². The van der Waals surface area contributed by atoms with E-state index in [1.54, 1.807) is 0 Å². The zero-order valence-corrected chi connectivity index (χ0v) is 19.9. The minimum absolute atomic E-state index is 1.16. The molecule has 0 nitrogen and oxygen atoms in total. The second-order valence-corrected chi connectivity index (χ2v) is 8.96. The molecule has 165 valence electrons. The van der Waals surface area contributed by atoms with Gasteiger partial charge in [0.15, 0.2) is 0 Å². The van der Waals surface area contributed by atoms with Gasteiger partial charge in [-0.1, -0.05) is 133 Å². The number of unbranched alkanes of at least 4 members (excludes halogenated alkanes) is 12. The highest BCUT2D eigenvalue weighted by molar-refractivity contribution is 5.70. The van der Waals surface area contributed by atoms with E-state index in [-0.39, 0.29) is 0 Å². The molecule has 0 heteroatoms. The van der Waals surface area contributed by atoms with Crippen LogP contribution in [0.3, 0.4) is 0 Å². The molecule has 30 heavy (non-hydrogen) atoms. The molecule has 2 aromatic rings. The van der Waals surface area contributed by atoms with Gasteiger partial charge in [0.25, 0.3) is 0 Å². The molecular weight excluding hydrogens is 360 g/mol. The SMILES string of the molecule is CCCCCCCCCc1[c]cccc1-c1ccccc1CCCCCCCCC. The fourth-order valence-electron chi connectivity index (χ4n) is 4.46. The van der Waals surface area contributed by atoms with Crippen LogP contribution < -0.4 is 0 Å². The summed E-state index contributed by atoms with van der Waals surface area (Å²) in [4.78, 5) is 0. The molecule has 0 spiro atoms. The Kier molecular flexibility index (Phi) is 13.3. The largest absolute Gasteiger partial charge is 0.0654 e. The van der Waals surface area contributed by atoms with Crippen LogP contribution in [-0.4, -0.2) is 0 Å². The van der Waals surface area contributed by atoms with Gasteiger partial charge >= 0.3 is 0 Å². The highest BCUT2D eigenvalue weighted by atomic mass is 14.1. The van der Waals surface area contributed by atoms with Crippen molar-refractivity contribution in [2.75, 3.05) is 0 Å². The lowest BCUT2D eigenvalue weighted by Crippen LogP contribution is -1.96. The van der Waals surface area contributed by atoms with Crippen molar-refractivity contribution < 1.29 is 0 Å². The van der Waals surface area contributed by atoms with Crippen LogP contribution in [-0.2, 0) is 12.8 Å². The van der Waals surface area contributed by atoms with Crippen LogP contribution in [0.25, 0.3) is 11.1 Å². The summed E-state index contributed by atoms with van der Waals surface area (Å²) >= 11 is 0. The Morgan fingerprint density at radius 2 is 1.07 bits per heavy atom. The molecule has 2 aromatic carbocycles. The van der Waals surface area contributed by atoms with Gasteiger partial charge in [0, 0.05) is 0 Å². The van der Waals surface area contributed by atoms with E-state index in [0.717, 1.165) is 6.42 Å². The van der Waals surface area contributed by atoms with Crippen LogP contribution in [0.1, 0.15) is 115 Å². The summed E-state index contributed by atoms with van der Waals surface area (Å²) in [6.07, 6.45) is 21.6. The maximum absolute atomic E-state index is 3.57.